The van der Waals surface area contributed by atoms with Crippen molar-refractivity contribution in [1.29, 1.82) is 0 Å². The molecule has 0 amide bonds. The van der Waals surface area contributed by atoms with Gasteiger partial charge in [0.05, 0.1) is 17.6 Å². The number of carbonyl (C=O) groups excluding carboxylic acids is 2. The van der Waals surface area contributed by atoms with E-state index in [-0.39, 0.29) is 25.3 Å². The number of hydrogen-bond acceptors (Lipinski definition) is 8. The lowest BCUT2D eigenvalue weighted by Crippen LogP contribution is -2.25. The van der Waals surface area contributed by atoms with Crippen LogP contribution in [-0.4, -0.2) is 69.9 Å². The summed E-state index contributed by atoms with van der Waals surface area (Å²) in [4.78, 5) is 22.0. The maximum atomic E-state index is 11.3. The third kappa shape index (κ3) is 10.5. The lowest BCUT2D eigenvalue weighted by molar-refractivity contribution is -0.142. The fourth-order valence-electron chi connectivity index (χ4n) is 5.48. The average Bonchev–Trinajstić information content (AvgIpc) is 3.88. The molecule has 3 heterocycles. The number of hydrogen-bond donors (Lipinski definition) is 2. The Morgan fingerprint density at radius 2 is 1.24 bits per heavy atom. The minimum absolute atomic E-state index is 0.0327. The predicted molar refractivity (Wildman–Crippen MR) is 211 cm³/mol. The highest BCUT2D eigenvalue weighted by atomic mass is 16.6. The van der Waals surface area contributed by atoms with E-state index in [1.54, 1.807) is 26.0 Å². The van der Waals surface area contributed by atoms with Crippen molar-refractivity contribution in [2.45, 2.75) is 26.1 Å². The quantitative estimate of drug-likeness (QED) is 0.0788. The Hall–Kier alpha value is -6.10. The molecule has 0 radical (unpaired) electrons. The molecule has 1 fully saturated rings. The molecule has 2 aromatic heterocycles. The van der Waals surface area contributed by atoms with Crippen LogP contribution in [0.3, 0.4) is 0 Å². The van der Waals surface area contributed by atoms with Gasteiger partial charge in [0.15, 0.2) is 0 Å². The zero-order valence-corrected chi connectivity index (χ0v) is 31.0. The fourth-order valence-corrected chi connectivity index (χ4v) is 5.48. The van der Waals surface area contributed by atoms with Crippen LogP contribution < -0.4 is 4.74 Å². The molecule has 6 aromatic rings. The summed E-state index contributed by atoms with van der Waals surface area (Å²) < 4.78 is 24.4. The van der Waals surface area contributed by atoms with Crippen LogP contribution in [0.15, 0.2) is 133 Å². The van der Waals surface area contributed by atoms with Gasteiger partial charge in [-0.1, -0.05) is 73.8 Å². The van der Waals surface area contributed by atoms with E-state index in [0.29, 0.717) is 35.9 Å². The highest BCUT2D eigenvalue weighted by Crippen LogP contribution is 2.30. The molecular formula is C44H46N2O8. The largest absolute Gasteiger partial charge is 0.508 e. The standard InChI is InChI=1S/C22H23NO4.C15H13NO.C7H10O3/c1-15(2)22(25)27-14-18(24)13-26-19-10-9-17-11-20(23(3)21(17)12-19)16-7-5-4-6-8-16;1-16-14(11-5-3-2-4-6-11)9-12-7-8-13(17)10-15(12)16;1-5(2)7(8)10-4-6-3-9-6/h4-12,18,24H,1,13-14H2,2-3H3;2-10,17H,1H3;6H,1,3-4H2,2H3. The van der Waals surface area contributed by atoms with Gasteiger partial charge in [0.25, 0.3) is 0 Å². The summed E-state index contributed by atoms with van der Waals surface area (Å²) in [5.74, 6) is 0.0927. The minimum atomic E-state index is -0.905. The maximum Gasteiger partial charge on any atom is 0.333 e. The first-order valence-electron chi connectivity index (χ1n) is 17.5. The number of benzene rings is 4. The van der Waals surface area contributed by atoms with Gasteiger partial charge in [0.1, 0.15) is 43.5 Å². The van der Waals surface area contributed by atoms with Crippen LogP contribution in [0, 0.1) is 0 Å². The first-order chi connectivity index (χ1) is 25.9. The number of aryl methyl sites for hydroxylation is 2. The summed E-state index contributed by atoms with van der Waals surface area (Å²) >= 11 is 0. The maximum absolute atomic E-state index is 11.3. The zero-order chi connectivity index (χ0) is 38.8. The van der Waals surface area contributed by atoms with Crippen LogP contribution in [-0.2, 0) is 37.9 Å². The number of phenols is 1. The van der Waals surface area contributed by atoms with Crippen LogP contribution in [0.25, 0.3) is 44.3 Å². The highest BCUT2D eigenvalue weighted by Gasteiger charge is 2.24. The van der Waals surface area contributed by atoms with Crippen LogP contribution in [0.1, 0.15) is 13.8 Å². The smallest absolute Gasteiger partial charge is 0.333 e. The summed E-state index contributed by atoms with van der Waals surface area (Å²) in [5, 5.41) is 21.7. The third-order valence-corrected chi connectivity index (χ3v) is 8.53. The molecule has 54 heavy (non-hydrogen) atoms. The summed E-state index contributed by atoms with van der Waals surface area (Å²) in [5.41, 5.74) is 7.42. The molecule has 2 unspecified atom stereocenters. The topological polar surface area (TPSA) is 125 Å². The van der Waals surface area contributed by atoms with Gasteiger partial charge in [-0.15, -0.1) is 0 Å². The van der Waals surface area contributed by atoms with Crippen molar-refractivity contribution in [3.8, 4) is 34.0 Å². The van der Waals surface area contributed by atoms with Crippen molar-refractivity contribution < 1.29 is 38.7 Å². The molecule has 0 bridgehead atoms. The Morgan fingerprint density at radius 1 is 0.741 bits per heavy atom. The number of epoxide rings is 1. The molecule has 0 saturated carbocycles. The van der Waals surface area contributed by atoms with Gasteiger partial charge >= 0.3 is 11.9 Å². The molecule has 10 heteroatoms. The molecule has 1 aliphatic heterocycles. The number of nitrogens with zero attached hydrogens (tertiary/aromatic N) is 2. The number of aliphatic hydroxyl groups is 1. The fraction of sp³-hybridized carbons (Fsp3) is 0.227. The van der Waals surface area contributed by atoms with Gasteiger partial charge in [-0.25, -0.2) is 9.59 Å². The number of esters is 2. The third-order valence-electron chi connectivity index (χ3n) is 8.53. The summed E-state index contributed by atoms with van der Waals surface area (Å²) in [6.07, 6.45) is -0.763. The van der Waals surface area contributed by atoms with Crippen molar-refractivity contribution in [2.24, 2.45) is 14.1 Å². The van der Waals surface area contributed by atoms with Crippen molar-refractivity contribution >= 4 is 33.7 Å². The number of aromatic nitrogens is 2. The van der Waals surface area contributed by atoms with Crippen molar-refractivity contribution in [2.75, 3.05) is 26.4 Å². The Bertz CT molecular complexity index is 2230. The highest BCUT2D eigenvalue weighted by molar-refractivity contribution is 5.89. The minimum Gasteiger partial charge on any atom is -0.508 e. The lowest BCUT2D eigenvalue weighted by Gasteiger charge is -2.13. The predicted octanol–water partition coefficient (Wildman–Crippen LogP) is 7.76. The van der Waals surface area contributed by atoms with E-state index in [0.717, 1.165) is 38.8 Å². The zero-order valence-electron chi connectivity index (χ0n) is 31.0. The molecule has 1 aliphatic rings. The first-order valence-corrected chi connectivity index (χ1v) is 17.5. The van der Waals surface area contributed by atoms with E-state index in [1.807, 2.05) is 74.8 Å². The number of ether oxygens (including phenoxy) is 4. The number of aliphatic hydroxyl groups excluding tert-OH is 1. The van der Waals surface area contributed by atoms with Crippen LogP contribution in [0.2, 0.25) is 0 Å². The van der Waals surface area contributed by atoms with E-state index in [4.69, 9.17) is 18.9 Å². The van der Waals surface area contributed by atoms with E-state index < -0.39 is 12.1 Å². The number of fused-ring (bicyclic) bond motifs is 2. The monoisotopic (exact) mass is 730 g/mol. The first kappa shape index (κ1) is 39.1. The van der Waals surface area contributed by atoms with E-state index in [1.165, 1.54) is 5.56 Å². The Morgan fingerprint density at radius 3 is 1.76 bits per heavy atom. The molecule has 280 valence electrons. The summed E-state index contributed by atoms with van der Waals surface area (Å²) in [6.45, 7) is 11.1. The molecule has 2 N–H and O–H groups in total. The normalized spacial score (nSPS) is 13.5. The van der Waals surface area contributed by atoms with E-state index in [2.05, 4.69) is 58.7 Å². The second-order valence-corrected chi connectivity index (χ2v) is 13.1. The van der Waals surface area contributed by atoms with Crippen molar-refractivity contribution in [3.63, 3.8) is 0 Å². The summed E-state index contributed by atoms with van der Waals surface area (Å²) in [6, 6.07) is 36.0. The van der Waals surface area contributed by atoms with Gasteiger partial charge in [-0.3, -0.25) is 0 Å². The van der Waals surface area contributed by atoms with E-state index in [9.17, 15) is 19.8 Å². The van der Waals surface area contributed by atoms with Crippen LogP contribution in [0.5, 0.6) is 11.5 Å². The van der Waals surface area contributed by atoms with Crippen molar-refractivity contribution in [3.05, 3.63) is 133 Å². The SMILES string of the molecule is C=C(C)C(=O)OCC(O)COc1ccc2cc(-c3ccccc3)n(C)c2c1.C=C(C)C(=O)OCC1CO1.Cn1c(-c2ccccc2)cc2ccc(O)cc21. The molecule has 0 aliphatic carbocycles. The van der Waals surface area contributed by atoms with E-state index >= 15 is 0 Å². The Balaban J connectivity index is 0.000000175. The molecule has 4 aromatic carbocycles. The van der Waals surface area contributed by atoms with Gasteiger partial charge in [0, 0.05) is 59.5 Å². The number of rotatable bonds is 11. The molecule has 10 nitrogen and oxygen atoms in total. The molecular weight excluding hydrogens is 684 g/mol. The molecule has 0 spiro atoms. The Labute approximate surface area is 315 Å². The van der Waals surface area contributed by atoms with Crippen molar-refractivity contribution in [1.82, 2.24) is 9.13 Å². The van der Waals surface area contributed by atoms with Gasteiger partial charge < -0.3 is 38.3 Å². The van der Waals surface area contributed by atoms with Crippen LogP contribution >= 0.6 is 0 Å². The molecule has 7 rings (SSSR count). The second-order valence-electron chi connectivity index (χ2n) is 13.1. The summed E-state index contributed by atoms with van der Waals surface area (Å²) in [7, 11) is 4.03. The van der Waals surface area contributed by atoms with Gasteiger partial charge in [-0.05, 0) is 61.4 Å². The number of phenolic OH excluding ortho intramolecular Hbond substituents is 1. The number of aromatic hydroxyl groups is 1. The Kier molecular flexibility index (Phi) is 13.1. The molecule has 1 saturated heterocycles. The lowest BCUT2D eigenvalue weighted by atomic mass is 10.1. The van der Waals surface area contributed by atoms with Gasteiger partial charge in [0.2, 0.25) is 0 Å². The van der Waals surface area contributed by atoms with Crippen LogP contribution in [0.4, 0.5) is 0 Å². The molecule has 2 atom stereocenters. The average molecular weight is 731 g/mol. The number of carbonyl (C=O) groups is 2. The second kappa shape index (κ2) is 18.1. The van der Waals surface area contributed by atoms with Gasteiger partial charge in [-0.2, -0.15) is 0 Å².